The van der Waals surface area contributed by atoms with Crippen LogP contribution in [0.5, 0.6) is 0 Å². The fourth-order valence-electron chi connectivity index (χ4n) is 2.93. The van der Waals surface area contributed by atoms with E-state index in [0.717, 1.165) is 16.2 Å². The van der Waals surface area contributed by atoms with Crippen LogP contribution in [0.2, 0.25) is 0 Å². The molecule has 178 valence electrons. The van der Waals surface area contributed by atoms with E-state index in [0.29, 0.717) is 0 Å². The van der Waals surface area contributed by atoms with Gasteiger partial charge in [-0.15, -0.1) is 23.1 Å². The Balaban J connectivity index is 1.81. The van der Waals surface area contributed by atoms with Crippen LogP contribution in [-0.2, 0) is 33.1 Å². The number of aromatic nitrogens is 1. The number of carbonyl (C=O) groups excluding carboxylic acids is 3. The molecule has 33 heavy (non-hydrogen) atoms. The summed E-state index contributed by atoms with van der Waals surface area (Å²) in [5.74, 6) is -3.25. The number of carbonyl (C=O) groups is 4. The molecular weight excluding hydrogens is 497 g/mol. The van der Waals surface area contributed by atoms with Gasteiger partial charge in [-0.2, -0.15) is 0 Å². The van der Waals surface area contributed by atoms with Crippen molar-refractivity contribution in [2.45, 2.75) is 18.3 Å². The van der Waals surface area contributed by atoms with Crippen molar-refractivity contribution in [1.82, 2.24) is 15.2 Å². The van der Waals surface area contributed by atoms with E-state index < -0.39 is 42.5 Å². The fraction of sp³-hybridized carbons (Fsp3) is 0.412. The quantitative estimate of drug-likeness (QED) is 0.141. The lowest BCUT2D eigenvalue weighted by Crippen LogP contribution is -2.71. The first-order valence-electron chi connectivity index (χ1n) is 9.26. The van der Waals surface area contributed by atoms with E-state index >= 15 is 0 Å². The van der Waals surface area contributed by atoms with Crippen LogP contribution >= 0.6 is 30.5 Å². The number of carboxylic acids is 1. The number of nitrogens with zero attached hydrogens (tertiary/aromatic N) is 3. The molecule has 16 heteroatoms. The van der Waals surface area contributed by atoms with Crippen molar-refractivity contribution in [2.24, 2.45) is 5.16 Å². The second kappa shape index (κ2) is 9.53. The molecule has 3 heterocycles. The van der Waals surface area contributed by atoms with Crippen LogP contribution in [0.1, 0.15) is 12.6 Å². The third-order valence-electron chi connectivity index (χ3n) is 4.29. The SMILES string of the molecule is CC(=O)OCC1=C(C(=O)O)N2C(=O)[C@H](NC(=O)C(=NOP(C)(C)=O)c3csc(N)n3)[C@H]2SC1. The van der Waals surface area contributed by atoms with Crippen molar-refractivity contribution in [2.75, 3.05) is 31.4 Å². The van der Waals surface area contributed by atoms with Gasteiger partial charge >= 0.3 is 11.9 Å². The second-order valence-corrected chi connectivity index (χ2v) is 11.9. The molecule has 0 unspecified atom stereocenters. The number of fused-ring (bicyclic) bond motifs is 1. The van der Waals surface area contributed by atoms with Gasteiger partial charge in [-0.05, 0) is 0 Å². The van der Waals surface area contributed by atoms with Crippen LogP contribution < -0.4 is 11.1 Å². The molecule has 3 rings (SSSR count). The monoisotopic (exact) mass is 517 g/mol. The Hall–Kier alpha value is -2.90. The van der Waals surface area contributed by atoms with Gasteiger partial charge in [-0.3, -0.25) is 23.8 Å². The Bertz CT molecular complexity index is 1130. The molecule has 0 spiro atoms. The summed E-state index contributed by atoms with van der Waals surface area (Å²) in [6, 6.07) is -1.05. The number of thioether (sulfide) groups is 1. The van der Waals surface area contributed by atoms with Crippen LogP contribution in [0.25, 0.3) is 0 Å². The van der Waals surface area contributed by atoms with E-state index in [1.165, 1.54) is 37.4 Å². The van der Waals surface area contributed by atoms with Gasteiger partial charge in [-0.25, -0.2) is 9.78 Å². The first-order valence-corrected chi connectivity index (χ1v) is 13.7. The summed E-state index contributed by atoms with van der Waals surface area (Å²) < 4.78 is 21.7. The highest BCUT2D eigenvalue weighted by atomic mass is 32.2. The van der Waals surface area contributed by atoms with E-state index in [1.807, 2.05) is 0 Å². The zero-order chi connectivity index (χ0) is 24.5. The van der Waals surface area contributed by atoms with Crippen LogP contribution in [0.3, 0.4) is 0 Å². The smallest absolute Gasteiger partial charge is 0.352 e. The average Bonchev–Trinajstić information content (AvgIpc) is 3.14. The molecular formula is C17H20N5O8PS2. The number of nitrogen functional groups attached to an aromatic ring is 1. The molecule has 0 radical (unpaired) electrons. The molecule has 1 saturated heterocycles. The largest absolute Gasteiger partial charge is 0.477 e. The molecule has 2 amide bonds. The number of rotatable bonds is 8. The van der Waals surface area contributed by atoms with Gasteiger partial charge < -0.3 is 25.5 Å². The standard InChI is InChI=1S/C17H20N5O8PS2/c1-7(23)29-4-8-5-32-15-11(14(25)22(15)12(8)16(26)27)20-13(24)10(21-30-31(2,3)28)9-6-33-17(18)19-9/h6,11,15H,4-5H2,1-3H3,(H2,18,19)(H,20,24)(H,26,27)/t11-,15+/m0/s1. The number of aliphatic carboxylic acids is 1. The number of thiazole rings is 1. The number of hydrogen-bond donors (Lipinski definition) is 3. The predicted molar refractivity (Wildman–Crippen MR) is 120 cm³/mol. The minimum atomic E-state index is -3.09. The number of oxime groups is 1. The van der Waals surface area contributed by atoms with Gasteiger partial charge in [0.15, 0.2) is 10.8 Å². The van der Waals surface area contributed by atoms with Crippen molar-refractivity contribution in [3.05, 3.63) is 22.3 Å². The normalized spacial score (nSPS) is 20.6. The highest BCUT2D eigenvalue weighted by Gasteiger charge is 2.54. The molecule has 2 aliphatic rings. The first-order chi connectivity index (χ1) is 15.4. The third kappa shape index (κ3) is 5.54. The summed E-state index contributed by atoms with van der Waals surface area (Å²) >= 11 is 2.25. The number of carboxylic acid groups (broad SMARTS) is 1. The summed E-state index contributed by atoms with van der Waals surface area (Å²) in [7, 11) is -3.09. The lowest BCUT2D eigenvalue weighted by atomic mass is 10.0. The van der Waals surface area contributed by atoms with Crippen molar-refractivity contribution < 1.29 is 38.2 Å². The minimum Gasteiger partial charge on any atom is -0.477 e. The lowest BCUT2D eigenvalue weighted by molar-refractivity contribution is -0.150. The molecule has 0 saturated carbocycles. The number of hydrogen-bond acceptors (Lipinski definition) is 12. The Morgan fingerprint density at radius 1 is 1.42 bits per heavy atom. The summed E-state index contributed by atoms with van der Waals surface area (Å²) in [6.07, 6.45) is 0. The number of amides is 2. The summed E-state index contributed by atoms with van der Waals surface area (Å²) in [6.45, 7) is 3.54. The topological polar surface area (TPSA) is 191 Å². The van der Waals surface area contributed by atoms with E-state index in [-0.39, 0.29) is 40.2 Å². The van der Waals surface area contributed by atoms with Crippen molar-refractivity contribution in [3.8, 4) is 0 Å². The van der Waals surface area contributed by atoms with Gasteiger partial charge in [0.2, 0.25) is 0 Å². The number of esters is 1. The van der Waals surface area contributed by atoms with Crippen LogP contribution in [0.4, 0.5) is 5.13 Å². The predicted octanol–water partition coefficient (Wildman–Crippen LogP) is 0.285. The maximum Gasteiger partial charge on any atom is 0.352 e. The van der Waals surface area contributed by atoms with Gasteiger partial charge in [0.05, 0.1) is 0 Å². The van der Waals surface area contributed by atoms with E-state index in [9.17, 15) is 28.8 Å². The van der Waals surface area contributed by atoms with E-state index in [4.69, 9.17) is 15.1 Å². The van der Waals surface area contributed by atoms with Crippen molar-refractivity contribution >= 4 is 65.1 Å². The Kier molecular flexibility index (Phi) is 7.14. The summed E-state index contributed by atoms with van der Waals surface area (Å²) in [4.78, 5) is 53.5. The molecule has 2 atom stereocenters. The highest BCUT2D eigenvalue weighted by Crippen LogP contribution is 2.41. The molecule has 4 N–H and O–H groups in total. The maximum absolute atomic E-state index is 12.9. The van der Waals surface area contributed by atoms with Crippen LogP contribution in [0.15, 0.2) is 21.8 Å². The highest BCUT2D eigenvalue weighted by molar-refractivity contribution is 8.00. The van der Waals surface area contributed by atoms with Gasteiger partial charge in [0.1, 0.15) is 29.4 Å². The summed E-state index contributed by atoms with van der Waals surface area (Å²) in [5, 5.41) is 16.7. The molecule has 2 aliphatic heterocycles. The molecule has 1 aromatic rings. The third-order valence-corrected chi connectivity index (χ3v) is 6.78. The molecule has 0 aromatic carbocycles. The zero-order valence-corrected chi connectivity index (χ0v) is 20.2. The van der Waals surface area contributed by atoms with Crippen molar-refractivity contribution in [1.29, 1.82) is 0 Å². The van der Waals surface area contributed by atoms with Gasteiger partial charge in [-0.1, -0.05) is 5.16 Å². The molecule has 0 bridgehead atoms. The first kappa shape index (κ1) is 24.7. The van der Waals surface area contributed by atoms with E-state index in [1.54, 1.807) is 0 Å². The number of anilines is 1. The number of nitrogens with one attached hydrogen (secondary N) is 1. The van der Waals surface area contributed by atoms with E-state index in [2.05, 4.69) is 15.5 Å². The number of nitrogens with two attached hydrogens (primary N) is 1. The van der Waals surface area contributed by atoms with Crippen molar-refractivity contribution in [3.63, 3.8) is 0 Å². The van der Waals surface area contributed by atoms with Crippen LogP contribution in [0, 0.1) is 0 Å². The van der Waals surface area contributed by atoms with Gasteiger partial charge in [0.25, 0.3) is 19.2 Å². The summed E-state index contributed by atoms with van der Waals surface area (Å²) in [5.41, 5.74) is 5.34. The molecule has 0 aliphatic carbocycles. The molecule has 1 fully saturated rings. The zero-order valence-electron chi connectivity index (χ0n) is 17.6. The lowest BCUT2D eigenvalue weighted by Gasteiger charge is -2.49. The Labute approximate surface area is 195 Å². The average molecular weight is 517 g/mol. The van der Waals surface area contributed by atoms with Crippen LogP contribution in [-0.4, -0.2) is 81.6 Å². The second-order valence-electron chi connectivity index (χ2n) is 7.24. The molecule has 1 aromatic heterocycles. The Morgan fingerprint density at radius 2 is 2.12 bits per heavy atom. The maximum atomic E-state index is 12.9. The van der Waals surface area contributed by atoms with Gasteiger partial charge in [0, 0.05) is 37.0 Å². The molecule has 13 nitrogen and oxygen atoms in total. The minimum absolute atomic E-state index is 0.0677. The fourth-order valence-corrected chi connectivity index (χ4v) is 5.09. The number of β-lactam (4-membered cyclic amide) rings is 1. The number of ether oxygens (including phenoxy) is 1. The Morgan fingerprint density at radius 3 is 2.67 bits per heavy atom.